The Labute approximate surface area is 159 Å². The van der Waals surface area contributed by atoms with Crippen molar-refractivity contribution in [2.24, 2.45) is 0 Å². The van der Waals surface area contributed by atoms with Crippen LogP contribution in [0, 0.1) is 17.0 Å². The van der Waals surface area contributed by atoms with Gasteiger partial charge in [0.2, 0.25) is 5.91 Å². The maximum atomic E-state index is 12.4. The number of nitrogens with zero attached hydrogens (tertiary/aromatic N) is 2. The molecule has 9 nitrogen and oxygen atoms in total. The molecule has 1 aliphatic rings. The van der Waals surface area contributed by atoms with Gasteiger partial charge in [0.1, 0.15) is 12.2 Å². The quantitative estimate of drug-likeness (QED) is 0.357. The molecular formula is C19H16N4O5. The van der Waals surface area contributed by atoms with Crippen LogP contribution in [-0.2, 0) is 9.59 Å². The molecule has 9 heteroatoms. The fraction of sp³-hybridized carbons (Fsp3) is 0.105. The highest BCUT2D eigenvalue weighted by atomic mass is 16.6. The third-order valence-electron chi connectivity index (χ3n) is 3.98. The van der Waals surface area contributed by atoms with Gasteiger partial charge in [0.25, 0.3) is 11.6 Å². The van der Waals surface area contributed by atoms with E-state index < -0.39 is 29.3 Å². The lowest BCUT2D eigenvalue weighted by Crippen LogP contribution is -2.38. The molecular weight excluding hydrogens is 364 g/mol. The minimum Gasteiger partial charge on any atom is -0.325 e. The zero-order valence-electron chi connectivity index (χ0n) is 14.8. The first-order chi connectivity index (χ1) is 13.3. The summed E-state index contributed by atoms with van der Waals surface area (Å²) in [7, 11) is 0. The molecule has 4 amide bonds. The molecule has 28 heavy (non-hydrogen) atoms. The van der Waals surface area contributed by atoms with Gasteiger partial charge in [0.05, 0.1) is 4.92 Å². The van der Waals surface area contributed by atoms with Crippen molar-refractivity contribution in [3.05, 3.63) is 75.5 Å². The SMILES string of the molecule is Cc1cccc(NC(=O)CN2C(=O)N/C(=C\c3ccc([N+](=O)[O-])cc3)C2=O)c1. The van der Waals surface area contributed by atoms with E-state index in [0.717, 1.165) is 10.5 Å². The first kappa shape index (κ1) is 18.8. The molecule has 3 rings (SSSR count). The molecule has 2 aromatic rings. The molecule has 0 spiro atoms. The molecule has 1 heterocycles. The summed E-state index contributed by atoms with van der Waals surface area (Å²) in [5.41, 5.74) is 1.93. The highest BCUT2D eigenvalue weighted by molar-refractivity contribution is 6.15. The normalized spacial score (nSPS) is 14.9. The number of non-ortho nitro benzene ring substituents is 1. The summed E-state index contributed by atoms with van der Waals surface area (Å²) >= 11 is 0. The van der Waals surface area contributed by atoms with Crippen LogP contribution in [0.25, 0.3) is 6.08 Å². The minimum atomic E-state index is -0.711. The predicted molar refractivity (Wildman–Crippen MR) is 101 cm³/mol. The largest absolute Gasteiger partial charge is 0.329 e. The van der Waals surface area contributed by atoms with Crippen molar-refractivity contribution in [2.45, 2.75) is 6.92 Å². The molecule has 0 saturated carbocycles. The van der Waals surface area contributed by atoms with Crippen molar-refractivity contribution in [3.8, 4) is 0 Å². The van der Waals surface area contributed by atoms with E-state index in [4.69, 9.17) is 0 Å². The number of hydrogen-bond acceptors (Lipinski definition) is 5. The molecule has 142 valence electrons. The molecule has 0 atom stereocenters. The van der Waals surface area contributed by atoms with Crippen molar-refractivity contribution < 1.29 is 19.3 Å². The lowest BCUT2D eigenvalue weighted by Gasteiger charge is -2.12. The highest BCUT2D eigenvalue weighted by Gasteiger charge is 2.34. The van der Waals surface area contributed by atoms with Crippen LogP contribution in [0.4, 0.5) is 16.2 Å². The van der Waals surface area contributed by atoms with Gasteiger partial charge in [0, 0.05) is 17.8 Å². The number of carbonyl (C=O) groups is 3. The molecule has 0 bridgehead atoms. The van der Waals surface area contributed by atoms with Gasteiger partial charge < -0.3 is 10.6 Å². The zero-order valence-corrected chi connectivity index (χ0v) is 14.8. The second kappa shape index (κ2) is 7.70. The Morgan fingerprint density at radius 1 is 1.21 bits per heavy atom. The summed E-state index contributed by atoms with van der Waals surface area (Å²) in [5, 5.41) is 15.7. The lowest BCUT2D eigenvalue weighted by molar-refractivity contribution is -0.384. The van der Waals surface area contributed by atoms with Crippen LogP contribution in [0.3, 0.4) is 0 Å². The van der Waals surface area contributed by atoms with Gasteiger partial charge in [-0.25, -0.2) is 9.69 Å². The van der Waals surface area contributed by atoms with Crippen molar-refractivity contribution in [1.82, 2.24) is 10.2 Å². The van der Waals surface area contributed by atoms with E-state index in [-0.39, 0.29) is 11.4 Å². The number of amides is 4. The van der Waals surface area contributed by atoms with Crippen LogP contribution >= 0.6 is 0 Å². The van der Waals surface area contributed by atoms with Crippen LogP contribution in [0.2, 0.25) is 0 Å². The number of anilines is 1. The number of rotatable bonds is 5. The summed E-state index contributed by atoms with van der Waals surface area (Å²) < 4.78 is 0. The molecule has 0 aliphatic carbocycles. The summed E-state index contributed by atoms with van der Waals surface area (Å²) in [5.74, 6) is -1.16. The van der Waals surface area contributed by atoms with Crippen molar-refractivity contribution >= 4 is 35.3 Å². The number of nitro groups is 1. The van der Waals surface area contributed by atoms with E-state index >= 15 is 0 Å². The van der Waals surface area contributed by atoms with Gasteiger partial charge >= 0.3 is 6.03 Å². The average molecular weight is 380 g/mol. The van der Waals surface area contributed by atoms with E-state index in [9.17, 15) is 24.5 Å². The fourth-order valence-electron chi connectivity index (χ4n) is 2.64. The topological polar surface area (TPSA) is 122 Å². The van der Waals surface area contributed by atoms with Crippen LogP contribution in [-0.4, -0.2) is 34.2 Å². The van der Waals surface area contributed by atoms with Crippen molar-refractivity contribution in [2.75, 3.05) is 11.9 Å². The molecule has 0 aromatic heterocycles. The van der Waals surface area contributed by atoms with Crippen molar-refractivity contribution in [3.63, 3.8) is 0 Å². The average Bonchev–Trinajstić information content (AvgIpc) is 2.89. The van der Waals surface area contributed by atoms with Gasteiger partial charge in [-0.3, -0.25) is 19.7 Å². The Morgan fingerprint density at radius 3 is 2.57 bits per heavy atom. The zero-order chi connectivity index (χ0) is 20.3. The molecule has 0 radical (unpaired) electrons. The van der Waals surface area contributed by atoms with E-state index in [1.807, 2.05) is 13.0 Å². The van der Waals surface area contributed by atoms with Gasteiger partial charge in [-0.2, -0.15) is 0 Å². The van der Waals surface area contributed by atoms with Gasteiger partial charge in [-0.05, 0) is 48.4 Å². The van der Waals surface area contributed by atoms with Gasteiger partial charge in [-0.15, -0.1) is 0 Å². The van der Waals surface area contributed by atoms with E-state index in [0.29, 0.717) is 11.3 Å². The molecule has 2 N–H and O–H groups in total. The highest BCUT2D eigenvalue weighted by Crippen LogP contribution is 2.17. The second-order valence-corrected chi connectivity index (χ2v) is 6.15. The predicted octanol–water partition coefficient (Wildman–Crippen LogP) is 2.43. The Balaban J connectivity index is 1.69. The smallest absolute Gasteiger partial charge is 0.325 e. The van der Waals surface area contributed by atoms with E-state index in [1.165, 1.54) is 30.3 Å². The molecule has 0 unspecified atom stereocenters. The van der Waals surface area contributed by atoms with Gasteiger partial charge in [-0.1, -0.05) is 12.1 Å². The summed E-state index contributed by atoms with van der Waals surface area (Å²) in [6.07, 6.45) is 1.39. The summed E-state index contributed by atoms with van der Waals surface area (Å²) in [6, 6.07) is 11.9. The van der Waals surface area contributed by atoms with Crippen LogP contribution in [0.5, 0.6) is 0 Å². The Hall–Kier alpha value is -4.01. The fourth-order valence-corrected chi connectivity index (χ4v) is 2.64. The number of hydrogen-bond donors (Lipinski definition) is 2. The van der Waals surface area contributed by atoms with Gasteiger partial charge in [0.15, 0.2) is 0 Å². The Bertz CT molecular complexity index is 998. The maximum Gasteiger partial charge on any atom is 0.329 e. The standard InChI is InChI=1S/C19H16N4O5/c1-12-3-2-4-14(9-12)20-17(24)11-22-18(25)16(21-19(22)26)10-13-5-7-15(8-6-13)23(27)28/h2-10H,11H2,1H3,(H,20,24)(H,21,26)/b16-10-. The van der Waals surface area contributed by atoms with E-state index in [2.05, 4.69) is 10.6 Å². The van der Waals surface area contributed by atoms with Crippen LogP contribution < -0.4 is 10.6 Å². The maximum absolute atomic E-state index is 12.4. The monoisotopic (exact) mass is 380 g/mol. The number of imide groups is 1. The molecule has 1 aliphatic heterocycles. The number of benzene rings is 2. The molecule has 1 fully saturated rings. The number of aryl methyl sites for hydroxylation is 1. The third-order valence-corrected chi connectivity index (χ3v) is 3.98. The summed E-state index contributed by atoms with van der Waals surface area (Å²) in [4.78, 5) is 47.6. The first-order valence-corrected chi connectivity index (χ1v) is 8.29. The number of nitrogens with one attached hydrogen (secondary N) is 2. The number of nitro benzene ring substituents is 1. The molecule has 1 saturated heterocycles. The summed E-state index contributed by atoms with van der Waals surface area (Å²) in [6.45, 7) is 1.44. The lowest BCUT2D eigenvalue weighted by atomic mass is 10.1. The number of urea groups is 1. The first-order valence-electron chi connectivity index (χ1n) is 8.29. The van der Waals surface area contributed by atoms with Crippen molar-refractivity contribution in [1.29, 1.82) is 0 Å². The minimum absolute atomic E-state index is 0.0118. The van der Waals surface area contributed by atoms with Crippen LogP contribution in [0.1, 0.15) is 11.1 Å². The van der Waals surface area contributed by atoms with Crippen LogP contribution in [0.15, 0.2) is 54.2 Å². The third kappa shape index (κ3) is 4.21. The molecule has 2 aromatic carbocycles. The second-order valence-electron chi connectivity index (χ2n) is 6.15. The Morgan fingerprint density at radius 2 is 1.93 bits per heavy atom. The Kier molecular flexibility index (Phi) is 5.16. The van der Waals surface area contributed by atoms with E-state index in [1.54, 1.807) is 18.2 Å². The number of carbonyl (C=O) groups excluding carboxylic acids is 3.